The van der Waals surface area contributed by atoms with Gasteiger partial charge in [0.1, 0.15) is 12.4 Å². The van der Waals surface area contributed by atoms with Crippen LogP contribution in [0.5, 0.6) is 5.75 Å². The molecule has 4 rings (SSSR count). The number of fused-ring (bicyclic) bond motifs is 1. The highest BCUT2D eigenvalue weighted by Crippen LogP contribution is 2.39. The quantitative estimate of drug-likeness (QED) is 0.524. The van der Waals surface area contributed by atoms with E-state index in [1.54, 1.807) is 37.4 Å². The summed E-state index contributed by atoms with van der Waals surface area (Å²) in [4.78, 5) is 13.2. The molecule has 11 heteroatoms. The molecule has 0 saturated heterocycles. The standard InChI is InChI=1S/C21H17F3N2O3S.C3H6O2/c1-14-18(6-3-9-25-14)15-7-8-20-19(12-15)26(10-11-29-20)30(27,28)17-5-2-4-16(13-17)21(22,23)24;1-2-3(4)5/h2-9,12-13H,10-11H2,1H3;2H2,1H3,(H,4,5). The maximum atomic E-state index is 13.2. The number of carboxylic acids is 1. The normalized spacial score (nSPS) is 13.2. The van der Waals surface area contributed by atoms with Crippen LogP contribution in [0.2, 0.25) is 0 Å². The lowest BCUT2D eigenvalue weighted by Crippen LogP contribution is -2.38. The number of hydrogen-bond donors (Lipinski definition) is 1. The second-order valence-electron chi connectivity index (χ2n) is 7.52. The van der Waals surface area contributed by atoms with E-state index in [9.17, 15) is 26.4 Å². The molecule has 0 aliphatic carbocycles. The van der Waals surface area contributed by atoms with Crippen molar-refractivity contribution in [3.8, 4) is 16.9 Å². The summed E-state index contributed by atoms with van der Waals surface area (Å²) in [5.41, 5.74) is 1.58. The number of anilines is 1. The molecular weight excluding hydrogens is 485 g/mol. The molecule has 0 atom stereocenters. The predicted molar refractivity (Wildman–Crippen MR) is 124 cm³/mol. The van der Waals surface area contributed by atoms with Gasteiger partial charge in [0.05, 0.1) is 22.7 Å². The molecule has 3 aromatic rings. The summed E-state index contributed by atoms with van der Waals surface area (Å²) in [6, 6.07) is 12.5. The van der Waals surface area contributed by atoms with E-state index in [-0.39, 0.29) is 25.3 Å². The Kier molecular flexibility index (Phi) is 7.69. The molecule has 1 aliphatic heterocycles. The van der Waals surface area contributed by atoms with Crippen molar-refractivity contribution in [2.75, 3.05) is 17.5 Å². The first kappa shape index (κ1) is 26.0. The Morgan fingerprint density at radius 1 is 1.14 bits per heavy atom. The number of benzene rings is 2. The zero-order valence-corrected chi connectivity index (χ0v) is 19.7. The number of rotatable bonds is 4. The van der Waals surface area contributed by atoms with E-state index in [2.05, 4.69) is 4.98 Å². The topological polar surface area (TPSA) is 96.8 Å². The van der Waals surface area contributed by atoms with Gasteiger partial charge in [-0.2, -0.15) is 13.2 Å². The molecular formula is C24H23F3N2O5S. The van der Waals surface area contributed by atoms with E-state index >= 15 is 0 Å². The predicted octanol–water partition coefficient (Wildman–Crippen LogP) is 5.14. The summed E-state index contributed by atoms with van der Waals surface area (Å²) >= 11 is 0. The number of pyridine rings is 1. The van der Waals surface area contributed by atoms with Crippen LogP contribution in [0.25, 0.3) is 11.1 Å². The summed E-state index contributed by atoms with van der Waals surface area (Å²) in [5, 5.41) is 7.72. The molecule has 0 amide bonds. The molecule has 2 heterocycles. The number of ether oxygens (including phenoxy) is 1. The SMILES string of the molecule is CCC(=O)O.Cc1ncccc1-c1ccc2c(c1)N(S(=O)(=O)c1cccc(C(F)(F)F)c1)CCO2. The summed E-state index contributed by atoms with van der Waals surface area (Å²) in [6.45, 7) is 3.52. The maximum Gasteiger partial charge on any atom is 0.416 e. The summed E-state index contributed by atoms with van der Waals surface area (Å²) < 4.78 is 72.4. The molecule has 1 aromatic heterocycles. The second-order valence-corrected chi connectivity index (χ2v) is 9.38. The smallest absolute Gasteiger partial charge is 0.416 e. The van der Waals surface area contributed by atoms with Gasteiger partial charge < -0.3 is 9.84 Å². The number of carbonyl (C=O) groups is 1. The highest BCUT2D eigenvalue weighted by Gasteiger charge is 2.34. The van der Waals surface area contributed by atoms with Crippen molar-refractivity contribution in [3.05, 3.63) is 72.1 Å². The van der Waals surface area contributed by atoms with Crippen molar-refractivity contribution in [2.24, 2.45) is 0 Å². The third kappa shape index (κ3) is 5.91. The molecule has 1 N–H and O–H groups in total. The van der Waals surface area contributed by atoms with Crippen LogP contribution >= 0.6 is 0 Å². The average molecular weight is 509 g/mol. The second kappa shape index (κ2) is 10.3. The van der Waals surface area contributed by atoms with Gasteiger partial charge in [0, 0.05) is 23.9 Å². The van der Waals surface area contributed by atoms with Crippen LogP contribution in [-0.2, 0) is 21.0 Å². The number of aryl methyl sites for hydroxylation is 1. The number of carboxylic acid groups (broad SMARTS) is 1. The number of sulfonamides is 1. The van der Waals surface area contributed by atoms with Crippen molar-refractivity contribution in [3.63, 3.8) is 0 Å². The Morgan fingerprint density at radius 2 is 1.86 bits per heavy atom. The van der Waals surface area contributed by atoms with Crippen LogP contribution in [0.1, 0.15) is 24.6 Å². The number of alkyl halides is 3. The number of nitrogens with zero attached hydrogens (tertiary/aromatic N) is 2. The molecule has 35 heavy (non-hydrogen) atoms. The van der Waals surface area contributed by atoms with Gasteiger partial charge in [-0.25, -0.2) is 8.42 Å². The van der Waals surface area contributed by atoms with E-state index in [4.69, 9.17) is 9.84 Å². The van der Waals surface area contributed by atoms with Gasteiger partial charge in [-0.05, 0) is 48.9 Å². The number of halogens is 3. The lowest BCUT2D eigenvalue weighted by Gasteiger charge is -2.31. The molecule has 0 bridgehead atoms. The van der Waals surface area contributed by atoms with Crippen LogP contribution < -0.4 is 9.04 Å². The number of aliphatic carboxylic acids is 1. The van der Waals surface area contributed by atoms with Gasteiger partial charge in [-0.1, -0.05) is 25.1 Å². The minimum Gasteiger partial charge on any atom is -0.489 e. The first-order valence-corrected chi connectivity index (χ1v) is 12.0. The third-order valence-corrected chi connectivity index (χ3v) is 6.96. The molecule has 1 aliphatic rings. The zero-order valence-electron chi connectivity index (χ0n) is 18.9. The van der Waals surface area contributed by atoms with Crippen LogP contribution in [0.4, 0.5) is 18.9 Å². The fourth-order valence-corrected chi connectivity index (χ4v) is 4.86. The lowest BCUT2D eigenvalue weighted by molar-refractivity contribution is -0.138. The third-order valence-electron chi connectivity index (χ3n) is 5.15. The Hall–Kier alpha value is -3.60. The minimum absolute atomic E-state index is 0.0128. The fourth-order valence-electron chi connectivity index (χ4n) is 3.36. The number of aromatic nitrogens is 1. The summed E-state index contributed by atoms with van der Waals surface area (Å²) in [7, 11) is -4.23. The summed E-state index contributed by atoms with van der Waals surface area (Å²) in [6.07, 6.45) is -2.76. The van der Waals surface area contributed by atoms with Crippen molar-refractivity contribution >= 4 is 21.7 Å². The van der Waals surface area contributed by atoms with Gasteiger partial charge in [0.2, 0.25) is 0 Å². The van der Waals surface area contributed by atoms with E-state index in [0.717, 1.165) is 39.3 Å². The van der Waals surface area contributed by atoms with Crippen molar-refractivity contribution in [1.29, 1.82) is 0 Å². The molecule has 0 unspecified atom stereocenters. The van der Waals surface area contributed by atoms with E-state index in [1.165, 1.54) is 0 Å². The monoisotopic (exact) mass is 508 g/mol. The fraction of sp³-hybridized carbons (Fsp3) is 0.250. The van der Waals surface area contributed by atoms with Crippen LogP contribution in [0, 0.1) is 6.92 Å². The Morgan fingerprint density at radius 3 is 2.49 bits per heavy atom. The molecule has 186 valence electrons. The van der Waals surface area contributed by atoms with Gasteiger partial charge in [0.15, 0.2) is 0 Å². The molecule has 2 aromatic carbocycles. The molecule has 7 nitrogen and oxygen atoms in total. The van der Waals surface area contributed by atoms with Gasteiger partial charge >= 0.3 is 12.1 Å². The first-order valence-electron chi connectivity index (χ1n) is 10.6. The molecule has 0 fully saturated rings. The first-order chi connectivity index (χ1) is 16.4. The Labute approximate surface area is 200 Å². The largest absolute Gasteiger partial charge is 0.489 e. The average Bonchev–Trinajstić information content (AvgIpc) is 2.83. The Balaban J connectivity index is 0.000000623. The summed E-state index contributed by atoms with van der Waals surface area (Å²) in [5.74, 6) is -0.396. The lowest BCUT2D eigenvalue weighted by atomic mass is 10.0. The molecule has 0 spiro atoms. The van der Waals surface area contributed by atoms with Crippen LogP contribution in [0.15, 0.2) is 65.7 Å². The zero-order chi connectivity index (χ0) is 25.8. The highest BCUT2D eigenvalue weighted by molar-refractivity contribution is 7.92. The van der Waals surface area contributed by atoms with Crippen molar-refractivity contribution in [2.45, 2.75) is 31.3 Å². The van der Waals surface area contributed by atoms with Crippen LogP contribution in [0.3, 0.4) is 0 Å². The van der Waals surface area contributed by atoms with E-state index in [1.807, 2.05) is 13.0 Å². The van der Waals surface area contributed by atoms with Crippen molar-refractivity contribution < 1.29 is 36.2 Å². The van der Waals surface area contributed by atoms with Crippen molar-refractivity contribution in [1.82, 2.24) is 4.98 Å². The van der Waals surface area contributed by atoms with Gasteiger partial charge in [-0.3, -0.25) is 14.1 Å². The van der Waals surface area contributed by atoms with E-state index in [0.29, 0.717) is 11.8 Å². The van der Waals surface area contributed by atoms with Crippen LogP contribution in [-0.4, -0.2) is 37.6 Å². The van der Waals surface area contributed by atoms with Gasteiger partial charge in [0.25, 0.3) is 10.0 Å². The Bertz CT molecular complexity index is 1330. The molecule has 0 radical (unpaired) electrons. The highest BCUT2D eigenvalue weighted by atomic mass is 32.2. The molecule has 0 saturated carbocycles. The van der Waals surface area contributed by atoms with E-state index < -0.39 is 32.6 Å². The maximum absolute atomic E-state index is 13.2. The van der Waals surface area contributed by atoms with Gasteiger partial charge in [-0.15, -0.1) is 0 Å². The minimum atomic E-state index is -4.64. The number of hydrogen-bond acceptors (Lipinski definition) is 5.